The predicted octanol–water partition coefficient (Wildman–Crippen LogP) is 1.29. The van der Waals surface area contributed by atoms with Gasteiger partial charge >= 0.3 is 0 Å². The number of fused-ring (bicyclic) bond motifs is 1. The summed E-state index contributed by atoms with van der Waals surface area (Å²) in [6.07, 6.45) is 1.46. The molecule has 2 aromatic rings. The molecule has 0 saturated carbocycles. The number of nitrogens with one attached hydrogen (secondary N) is 1. The van der Waals surface area contributed by atoms with Crippen LogP contribution in [-0.2, 0) is 4.79 Å². The van der Waals surface area contributed by atoms with Crippen molar-refractivity contribution in [1.29, 1.82) is 0 Å². The third-order valence-electron chi connectivity index (χ3n) is 1.88. The molecule has 0 aliphatic rings. The zero-order valence-corrected chi connectivity index (χ0v) is 8.06. The summed E-state index contributed by atoms with van der Waals surface area (Å²) in [5.74, 6) is 0.358. The summed E-state index contributed by atoms with van der Waals surface area (Å²) in [6.45, 7) is 1.40. The monoisotopic (exact) mass is 203 g/mol. The summed E-state index contributed by atoms with van der Waals surface area (Å²) in [6, 6.07) is 4.77. The lowest BCUT2D eigenvalue weighted by Crippen LogP contribution is -2.07. The number of hydrogen-bond acceptors (Lipinski definition) is 4. The average Bonchev–Trinajstić information content (AvgIpc) is 2.17. The van der Waals surface area contributed by atoms with Gasteiger partial charge in [-0.3, -0.25) is 4.79 Å². The first kappa shape index (κ1) is 9.39. The van der Waals surface area contributed by atoms with Gasteiger partial charge in [0.25, 0.3) is 0 Å². The molecule has 0 aromatic carbocycles. The van der Waals surface area contributed by atoms with Crippen molar-refractivity contribution in [2.24, 2.45) is 0 Å². The number of hydrogen-bond donors (Lipinski definition) is 2. The van der Waals surface area contributed by atoms with E-state index in [1.54, 1.807) is 12.1 Å². The molecule has 76 valence electrons. The topological polar surface area (TPSA) is 75.1 Å². The second kappa shape index (κ2) is 3.53. The highest BCUT2D eigenvalue weighted by molar-refractivity contribution is 5.90. The van der Waals surface area contributed by atoms with Crippen LogP contribution in [0.1, 0.15) is 6.92 Å². The lowest BCUT2D eigenvalue weighted by Gasteiger charge is -2.03. The molecule has 0 fully saturated rings. The molecule has 0 radical (unpaired) electrons. The summed E-state index contributed by atoms with van der Waals surface area (Å²) in [5, 5.41) is 12.6. The van der Waals surface area contributed by atoms with E-state index in [1.807, 2.05) is 0 Å². The molecule has 5 heteroatoms. The van der Waals surface area contributed by atoms with E-state index in [-0.39, 0.29) is 11.7 Å². The zero-order chi connectivity index (χ0) is 10.8. The van der Waals surface area contributed by atoms with Crippen molar-refractivity contribution in [1.82, 2.24) is 9.97 Å². The minimum absolute atomic E-state index is 0.127. The van der Waals surface area contributed by atoms with Gasteiger partial charge in [-0.15, -0.1) is 0 Å². The van der Waals surface area contributed by atoms with Crippen molar-refractivity contribution in [2.45, 2.75) is 6.92 Å². The van der Waals surface area contributed by atoms with Gasteiger partial charge in [0.15, 0.2) is 5.65 Å². The minimum atomic E-state index is -0.193. The van der Waals surface area contributed by atoms with Gasteiger partial charge in [-0.25, -0.2) is 9.97 Å². The zero-order valence-electron chi connectivity index (χ0n) is 8.06. The van der Waals surface area contributed by atoms with E-state index < -0.39 is 0 Å². The van der Waals surface area contributed by atoms with Gasteiger partial charge in [-0.2, -0.15) is 0 Å². The van der Waals surface area contributed by atoms with Gasteiger partial charge in [0, 0.05) is 13.1 Å². The Morgan fingerprint density at radius 1 is 1.40 bits per heavy atom. The summed E-state index contributed by atoms with van der Waals surface area (Å²) in [7, 11) is 0. The van der Waals surface area contributed by atoms with Crippen LogP contribution in [0.3, 0.4) is 0 Å². The van der Waals surface area contributed by atoms with Crippen molar-refractivity contribution >= 4 is 22.8 Å². The van der Waals surface area contributed by atoms with Crippen LogP contribution in [0.4, 0.5) is 5.82 Å². The lowest BCUT2D eigenvalue weighted by molar-refractivity contribution is -0.114. The summed E-state index contributed by atoms with van der Waals surface area (Å²) >= 11 is 0. The first-order valence-corrected chi connectivity index (χ1v) is 4.39. The van der Waals surface area contributed by atoms with E-state index in [9.17, 15) is 9.90 Å². The summed E-state index contributed by atoms with van der Waals surface area (Å²) < 4.78 is 0. The Hall–Kier alpha value is -2.17. The molecule has 5 nitrogen and oxygen atoms in total. The van der Waals surface area contributed by atoms with Crippen molar-refractivity contribution < 1.29 is 9.90 Å². The van der Waals surface area contributed by atoms with E-state index in [2.05, 4.69) is 15.3 Å². The number of amides is 1. The van der Waals surface area contributed by atoms with Gasteiger partial charge < -0.3 is 10.4 Å². The van der Waals surface area contributed by atoms with E-state index in [0.717, 1.165) is 0 Å². The largest absolute Gasteiger partial charge is 0.507 e. The maximum absolute atomic E-state index is 10.8. The van der Waals surface area contributed by atoms with E-state index >= 15 is 0 Å². The summed E-state index contributed by atoms with van der Waals surface area (Å²) in [5.41, 5.74) is 0.404. The molecular formula is C10H9N3O2. The highest BCUT2D eigenvalue weighted by Crippen LogP contribution is 2.21. The van der Waals surface area contributed by atoms with Gasteiger partial charge in [0.2, 0.25) is 5.91 Å². The molecule has 2 aromatic heterocycles. The Bertz CT molecular complexity index is 525. The smallest absolute Gasteiger partial charge is 0.222 e. The minimum Gasteiger partial charge on any atom is -0.507 e. The Balaban J connectivity index is 2.52. The molecule has 2 rings (SSSR count). The van der Waals surface area contributed by atoms with Gasteiger partial charge in [0.05, 0.1) is 5.39 Å². The number of anilines is 1. The number of aromatic hydroxyl groups is 1. The Labute approximate surface area is 85.8 Å². The second-order valence-electron chi connectivity index (χ2n) is 3.08. The van der Waals surface area contributed by atoms with Crippen LogP contribution in [0.15, 0.2) is 24.4 Å². The Kier molecular flexibility index (Phi) is 2.21. The van der Waals surface area contributed by atoms with Crippen LogP contribution >= 0.6 is 0 Å². The van der Waals surface area contributed by atoms with Crippen LogP contribution in [0.5, 0.6) is 5.75 Å². The van der Waals surface area contributed by atoms with E-state index in [0.29, 0.717) is 16.9 Å². The number of carbonyl (C=O) groups excluding carboxylic acids is 1. The molecule has 0 aliphatic carbocycles. The van der Waals surface area contributed by atoms with Crippen LogP contribution in [0.25, 0.3) is 11.0 Å². The predicted molar refractivity (Wildman–Crippen MR) is 55.5 cm³/mol. The molecule has 0 bridgehead atoms. The first-order chi connectivity index (χ1) is 7.16. The number of carbonyl (C=O) groups is 1. The molecule has 0 unspecified atom stereocenters. The number of aromatic nitrogens is 2. The van der Waals surface area contributed by atoms with Gasteiger partial charge in [-0.05, 0) is 18.2 Å². The van der Waals surface area contributed by atoms with Crippen LogP contribution in [0, 0.1) is 0 Å². The number of rotatable bonds is 1. The molecular weight excluding hydrogens is 194 g/mol. The fourth-order valence-electron chi connectivity index (χ4n) is 1.26. The van der Waals surface area contributed by atoms with E-state index in [1.165, 1.54) is 19.2 Å². The summed E-state index contributed by atoms with van der Waals surface area (Å²) in [4.78, 5) is 18.9. The highest BCUT2D eigenvalue weighted by atomic mass is 16.3. The molecule has 15 heavy (non-hydrogen) atoms. The van der Waals surface area contributed by atoms with E-state index in [4.69, 9.17) is 0 Å². The molecule has 0 atom stereocenters. The first-order valence-electron chi connectivity index (χ1n) is 4.39. The van der Waals surface area contributed by atoms with Gasteiger partial charge in [0.1, 0.15) is 11.6 Å². The Morgan fingerprint density at radius 2 is 2.20 bits per heavy atom. The third kappa shape index (κ3) is 1.85. The van der Waals surface area contributed by atoms with Crippen molar-refractivity contribution in [3.05, 3.63) is 24.4 Å². The maximum atomic E-state index is 10.8. The number of pyridine rings is 2. The maximum Gasteiger partial charge on any atom is 0.222 e. The lowest BCUT2D eigenvalue weighted by atomic mass is 10.2. The van der Waals surface area contributed by atoms with Crippen molar-refractivity contribution in [3.63, 3.8) is 0 Å². The fourth-order valence-corrected chi connectivity index (χ4v) is 1.26. The third-order valence-corrected chi connectivity index (χ3v) is 1.88. The molecule has 0 spiro atoms. The standard InChI is InChI=1S/C10H9N3O2/c1-6(14)12-9-3-2-7-8(15)4-5-11-10(7)13-9/h2-5H,1H3,(H2,11,12,13,14,15). The Morgan fingerprint density at radius 3 is 2.93 bits per heavy atom. The second-order valence-corrected chi connectivity index (χ2v) is 3.08. The van der Waals surface area contributed by atoms with Crippen LogP contribution in [0.2, 0.25) is 0 Å². The fraction of sp³-hybridized carbons (Fsp3) is 0.100. The molecule has 2 heterocycles. The van der Waals surface area contributed by atoms with Crippen LogP contribution in [-0.4, -0.2) is 21.0 Å². The average molecular weight is 203 g/mol. The normalized spacial score (nSPS) is 10.2. The van der Waals surface area contributed by atoms with Crippen molar-refractivity contribution in [2.75, 3.05) is 5.32 Å². The molecule has 0 saturated heterocycles. The quantitative estimate of drug-likeness (QED) is 0.732. The van der Waals surface area contributed by atoms with Crippen molar-refractivity contribution in [3.8, 4) is 5.75 Å². The van der Waals surface area contributed by atoms with Crippen LogP contribution < -0.4 is 5.32 Å². The SMILES string of the molecule is CC(=O)Nc1ccc2c(O)ccnc2n1. The highest BCUT2D eigenvalue weighted by Gasteiger charge is 2.03. The number of nitrogens with zero attached hydrogens (tertiary/aromatic N) is 2. The van der Waals surface area contributed by atoms with Gasteiger partial charge in [-0.1, -0.05) is 0 Å². The molecule has 1 amide bonds. The molecule has 0 aliphatic heterocycles. The molecule has 2 N–H and O–H groups in total.